The molecule has 1 fully saturated rings. The number of anilines is 1. The Kier molecular flexibility index (Phi) is 5.20. The first-order chi connectivity index (χ1) is 9.72. The quantitative estimate of drug-likeness (QED) is 0.843. The summed E-state index contributed by atoms with van der Waals surface area (Å²) in [5, 5.41) is 6.03. The van der Waals surface area contributed by atoms with E-state index in [9.17, 15) is 4.79 Å². The predicted molar refractivity (Wildman–Crippen MR) is 75.4 cm³/mol. The molecule has 1 aromatic rings. The van der Waals surface area contributed by atoms with Crippen LogP contribution in [0.25, 0.3) is 0 Å². The van der Waals surface area contributed by atoms with E-state index < -0.39 is 0 Å². The highest BCUT2D eigenvalue weighted by Gasteiger charge is 2.18. The molecule has 6 nitrogen and oxygen atoms in total. The molecule has 0 spiro atoms. The fourth-order valence-electron chi connectivity index (χ4n) is 2.07. The van der Waals surface area contributed by atoms with Crippen LogP contribution in [0, 0.1) is 0 Å². The van der Waals surface area contributed by atoms with Crippen molar-refractivity contribution in [3.63, 3.8) is 0 Å². The normalized spacial score (nSPS) is 18.4. The SMILES string of the molecule is COc1ccc(OC)c(NC(=O)CC2CNCCO2)c1. The number of hydrogen-bond donors (Lipinski definition) is 2. The number of rotatable bonds is 5. The molecular formula is C14H20N2O4. The standard InChI is InChI=1S/C14H20N2O4/c1-18-10-3-4-13(19-2)12(7-10)16-14(17)8-11-9-15-5-6-20-11/h3-4,7,11,15H,5-6,8-9H2,1-2H3,(H,16,17). The first-order valence-electron chi connectivity index (χ1n) is 6.57. The largest absolute Gasteiger partial charge is 0.497 e. The third-order valence-corrected chi connectivity index (χ3v) is 3.10. The van der Waals surface area contributed by atoms with Gasteiger partial charge in [-0.2, -0.15) is 0 Å². The van der Waals surface area contributed by atoms with Crippen molar-refractivity contribution in [2.45, 2.75) is 12.5 Å². The molecule has 2 N–H and O–H groups in total. The second-order valence-electron chi connectivity index (χ2n) is 4.52. The molecule has 1 amide bonds. The number of nitrogens with one attached hydrogen (secondary N) is 2. The van der Waals surface area contributed by atoms with Gasteiger partial charge in [0.25, 0.3) is 0 Å². The monoisotopic (exact) mass is 280 g/mol. The van der Waals surface area contributed by atoms with Crippen LogP contribution in [-0.2, 0) is 9.53 Å². The molecule has 110 valence electrons. The van der Waals surface area contributed by atoms with Crippen LogP contribution < -0.4 is 20.1 Å². The Balaban J connectivity index is 1.98. The summed E-state index contributed by atoms with van der Waals surface area (Å²) in [6.07, 6.45) is 0.230. The van der Waals surface area contributed by atoms with E-state index in [4.69, 9.17) is 14.2 Å². The Hall–Kier alpha value is -1.79. The molecule has 1 atom stereocenters. The minimum atomic E-state index is -0.106. The maximum Gasteiger partial charge on any atom is 0.227 e. The summed E-state index contributed by atoms with van der Waals surface area (Å²) < 4.78 is 15.9. The van der Waals surface area contributed by atoms with Gasteiger partial charge in [-0.15, -0.1) is 0 Å². The van der Waals surface area contributed by atoms with E-state index in [1.54, 1.807) is 32.4 Å². The van der Waals surface area contributed by atoms with E-state index in [0.29, 0.717) is 36.8 Å². The van der Waals surface area contributed by atoms with E-state index in [1.807, 2.05) is 0 Å². The summed E-state index contributed by atoms with van der Waals surface area (Å²) in [5.41, 5.74) is 0.598. The highest BCUT2D eigenvalue weighted by Crippen LogP contribution is 2.29. The zero-order chi connectivity index (χ0) is 14.4. The van der Waals surface area contributed by atoms with E-state index in [-0.39, 0.29) is 12.0 Å². The second kappa shape index (κ2) is 7.12. The minimum Gasteiger partial charge on any atom is -0.497 e. The van der Waals surface area contributed by atoms with Gasteiger partial charge in [0.2, 0.25) is 5.91 Å². The molecule has 1 aliphatic rings. The number of morpholine rings is 1. The molecule has 0 aliphatic carbocycles. The predicted octanol–water partition coefficient (Wildman–Crippen LogP) is 1.02. The maximum atomic E-state index is 12.0. The molecule has 1 saturated heterocycles. The van der Waals surface area contributed by atoms with Crippen LogP contribution >= 0.6 is 0 Å². The minimum absolute atomic E-state index is 0.0830. The molecule has 20 heavy (non-hydrogen) atoms. The van der Waals surface area contributed by atoms with Crippen LogP contribution in [0.5, 0.6) is 11.5 Å². The van der Waals surface area contributed by atoms with Gasteiger partial charge in [0.15, 0.2) is 0 Å². The van der Waals surface area contributed by atoms with E-state index in [1.165, 1.54) is 0 Å². The average molecular weight is 280 g/mol. The Morgan fingerprint density at radius 1 is 1.45 bits per heavy atom. The highest BCUT2D eigenvalue weighted by molar-refractivity contribution is 5.92. The molecular weight excluding hydrogens is 260 g/mol. The molecule has 1 heterocycles. The van der Waals surface area contributed by atoms with Gasteiger partial charge in [0, 0.05) is 19.2 Å². The third kappa shape index (κ3) is 3.85. The van der Waals surface area contributed by atoms with Crippen LogP contribution in [0.2, 0.25) is 0 Å². The van der Waals surface area contributed by atoms with Gasteiger partial charge in [-0.25, -0.2) is 0 Å². The topological polar surface area (TPSA) is 68.8 Å². The molecule has 1 aromatic carbocycles. The van der Waals surface area contributed by atoms with Crippen LogP contribution in [0.3, 0.4) is 0 Å². The average Bonchev–Trinajstić information content (AvgIpc) is 2.48. The van der Waals surface area contributed by atoms with Gasteiger partial charge in [0.05, 0.1) is 39.0 Å². The first-order valence-corrected chi connectivity index (χ1v) is 6.57. The zero-order valence-corrected chi connectivity index (χ0v) is 11.8. The van der Waals surface area contributed by atoms with Crippen LogP contribution in [0.1, 0.15) is 6.42 Å². The number of ether oxygens (including phenoxy) is 3. The molecule has 2 rings (SSSR count). The van der Waals surface area contributed by atoms with Crippen molar-refractivity contribution in [3.05, 3.63) is 18.2 Å². The lowest BCUT2D eigenvalue weighted by molar-refractivity contribution is -0.119. The van der Waals surface area contributed by atoms with Crippen molar-refractivity contribution < 1.29 is 19.0 Å². The first kappa shape index (κ1) is 14.6. The van der Waals surface area contributed by atoms with Crippen molar-refractivity contribution in [2.75, 3.05) is 39.2 Å². The van der Waals surface area contributed by atoms with E-state index in [2.05, 4.69) is 10.6 Å². The summed E-state index contributed by atoms with van der Waals surface area (Å²) in [6, 6.07) is 5.27. The fraction of sp³-hybridized carbons (Fsp3) is 0.500. The Morgan fingerprint density at radius 2 is 2.30 bits per heavy atom. The lowest BCUT2D eigenvalue weighted by Gasteiger charge is -2.23. The Morgan fingerprint density at radius 3 is 2.95 bits per heavy atom. The number of methoxy groups -OCH3 is 2. The van der Waals surface area contributed by atoms with Crippen LogP contribution in [-0.4, -0.2) is 45.9 Å². The van der Waals surface area contributed by atoms with Crippen molar-refractivity contribution in [2.24, 2.45) is 0 Å². The van der Waals surface area contributed by atoms with Gasteiger partial charge in [-0.1, -0.05) is 0 Å². The number of amides is 1. The molecule has 6 heteroatoms. The number of benzene rings is 1. The maximum absolute atomic E-state index is 12.0. The summed E-state index contributed by atoms with van der Waals surface area (Å²) in [4.78, 5) is 12.0. The summed E-state index contributed by atoms with van der Waals surface area (Å²) in [6.45, 7) is 2.17. The van der Waals surface area contributed by atoms with Gasteiger partial charge in [-0.3, -0.25) is 4.79 Å². The second-order valence-corrected chi connectivity index (χ2v) is 4.52. The molecule has 1 aliphatic heterocycles. The van der Waals surface area contributed by atoms with Crippen molar-refractivity contribution >= 4 is 11.6 Å². The van der Waals surface area contributed by atoms with Crippen molar-refractivity contribution in [3.8, 4) is 11.5 Å². The lowest BCUT2D eigenvalue weighted by atomic mass is 10.2. The Bertz CT molecular complexity index is 458. The third-order valence-electron chi connectivity index (χ3n) is 3.10. The molecule has 0 radical (unpaired) electrons. The summed E-state index contributed by atoms with van der Waals surface area (Å²) in [5.74, 6) is 1.16. The summed E-state index contributed by atoms with van der Waals surface area (Å²) >= 11 is 0. The van der Waals surface area contributed by atoms with Crippen LogP contribution in [0.15, 0.2) is 18.2 Å². The lowest BCUT2D eigenvalue weighted by Crippen LogP contribution is -2.40. The van der Waals surface area contributed by atoms with E-state index >= 15 is 0 Å². The number of hydrogen-bond acceptors (Lipinski definition) is 5. The van der Waals surface area contributed by atoms with Gasteiger partial charge < -0.3 is 24.8 Å². The Labute approximate surface area is 118 Å². The molecule has 0 bridgehead atoms. The highest BCUT2D eigenvalue weighted by atomic mass is 16.5. The molecule has 0 saturated carbocycles. The van der Waals surface area contributed by atoms with Crippen LogP contribution in [0.4, 0.5) is 5.69 Å². The smallest absolute Gasteiger partial charge is 0.227 e. The van der Waals surface area contributed by atoms with E-state index in [0.717, 1.165) is 6.54 Å². The van der Waals surface area contributed by atoms with Gasteiger partial charge in [-0.05, 0) is 12.1 Å². The number of carbonyl (C=O) groups is 1. The zero-order valence-electron chi connectivity index (χ0n) is 11.8. The molecule has 1 unspecified atom stereocenters. The van der Waals surface area contributed by atoms with Crippen molar-refractivity contribution in [1.29, 1.82) is 0 Å². The molecule has 0 aromatic heterocycles. The number of carbonyl (C=O) groups excluding carboxylic acids is 1. The van der Waals surface area contributed by atoms with Gasteiger partial charge >= 0.3 is 0 Å². The fourth-order valence-corrected chi connectivity index (χ4v) is 2.07. The van der Waals surface area contributed by atoms with Gasteiger partial charge in [0.1, 0.15) is 11.5 Å². The summed E-state index contributed by atoms with van der Waals surface area (Å²) in [7, 11) is 3.14. The van der Waals surface area contributed by atoms with Crippen molar-refractivity contribution in [1.82, 2.24) is 5.32 Å².